The molecule has 0 aliphatic heterocycles. The molecule has 0 fully saturated rings. The van der Waals surface area contributed by atoms with Crippen LogP contribution < -0.4 is 0 Å². The van der Waals surface area contributed by atoms with E-state index < -0.39 is 6.29 Å². The van der Waals surface area contributed by atoms with E-state index in [0.29, 0.717) is 19.3 Å². The molecule has 1 N–H and O–H groups in total. The number of ether oxygens (including phenoxy) is 1. The number of aliphatic hydroxyl groups is 1. The van der Waals surface area contributed by atoms with Crippen LogP contribution in [0.25, 0.3) is 0 Å². The van der Waals surface area contributed by atoms with Crippen LogP contribution in [0.4, 0.5) is 0 Å². The zero-order valence-electron chi connectivity index (χ0n) is 10.4. The second-order valence-electron chi connectivity index (χ2n) is 4.04. The van der Waals surface area contributed by atoms with Crippen LogP contribution in [0.3, 0.4) is 0 Å². The van der Waals surface area contributed by atoms with Gasteiger partial charge >= 0.3 is 5.97 Å². The summed E-state index contributed by atoms with van der Waals surface area (Å²) in [6, 6.07) is 0. The summed E-state index contributed by atoms with van der Waals surface area (Å²) in [5, 5.41) is 9.29. The van der Waals surface area contributed by atoms with Gasteiger partial charge in [-0.2, -0.15) is 0 Å². The van der Waals surface area contributed by atoms with Gasteiger partial charge < -0.3 is 14.4 Å². The number of hydrogen-bond acceptors (Lipinski definition) is 4. The van der Waals surface area contributed by atoms with Gasteiger partial charge in [-0.05, 0) is 6.42 Å². The average molecular weight is 240 g/mol. The molecule has 0 saturated carbocycles. The zero-order valence-corrected chi connectivity index (χ0v) is 10.4. The van der Waals surface area contributed by atoms with Gasteiger partial charge in [0.2, 0.25) is 6.29 Å². The maximum atomic E-state index is 11.3. The van der Waals surface area contributed by atoms with Gasteiger partial charge in [-0.15, -0.1) is 0 Å². The maximum absolute atomic E-state index is 11.3. The van der Waals surface area contributed by atoms with Gasteiger partial charge in [-0.25, -0.2) is 4.98 Å². The monoisotopic (exact) mass is 240 g/mol. The summed E-state index contributed by atoms with van der Waals surface area (Å²) in [6.45, 7) is 1.93. The third-order valence-corrected chi connectivity index (χ3v) is 2.51. The molecule has 0 amide bonds. The summed E-state index contributed by atoms with van der Waals surface area (Å²) in [4.78, 5) is 15.5. The Labute approximate surface area is 101 Å². The topological polar surface area (TPSA) is 64.3 Å². The van der Waals surface area contributed by atoms with E-state index in [4.69, 9.17) is 4.74 Å². The van der Waals surface area contributed by atoms with Gasteiger partial charge in [0.1, 0.15) is 5.82 Å². The molecule has 1 heterocycles. The first-order valence-electron chi connectivity index (χ1n) is 5.97. The highest BCUT2D eigenvalue weighted by Crippen LogP contribution is 2.05. The van der Waals surface area contributed by atoms with Crippen LogP contribution in [0.1, 0.15) is 38.4 Å². The highest BCUT2D eigenvalue weighted by Gasteiger charge is 2.10. The number of esters is 1. The number of hydrogen-bond donors (Lipinski definition) is 1. The van der Waals surface area contributed by atoms with E-state index in [0.717, 1.165) is 18.7 Å². The van der Waals surface area contributed by atoms with Crippen LogP contribution in [0.2, 0.25) is 0 Å². The molecule has 0 saturated heterocycles. The van der Waals surface area contributed by atoms with Gasteiger partial charge in [0.25, 0.3) is 0 Å². The molecule has 0 aliphatic carbocycles. The number of imidazole rings is 1. The normalized spacial score (nSPS) is 12.4. The van der Waals surface area contributed by atoms with Crippen molar-refractivity contribution in [3.05, 3.63) is 18.2 Å². The van der Waals surface area contributed by atoms with Crippen molar-refractivity contribution in [3.8, 4) is 0 Å². The molecule has 1 aromatic rings. The fourth-order valence-electron chi connectivity index (χ4n) is 1.54. The van der Waals surface area contributed by atoms with E-state index in [9.17, 15) is 9.90 Å². The Morgan fingerprint density at radius 1 is 1.65 bits per heavy atom. The fourth-order valence-corrected chi connectivity index (χ4v) is 1.54. The Hall–Kier alpha value is -1.36. The molecule has 1 atom stereocenters. The first-order valence-corrected chi connectivity index (χ1v) is 5.97. The fraction of sp³-hybridized carbons (Fsp3) is 0.667. The summed E-state index contributed by atoms with van der Waals surface area (Å²) in [7, 11) is 1.92. The summed E-state index contributed by atoms with van der Waals surface area (Å²) in [5.41, 5.74) is 0. The van der Waals surface area contributed by atoms with E-state index in [2.05, 4.69) is 4.98 Å². The number of aryl methyl sites for hydroxylation is 2. The minimum absolute atomic E-state index is 0.313. The van der Waals surface area contributed by atoms with Gasteiger partial charge in [-0.1, -0.05) is 13.3 Å². The molecule has 0 aromatic carbocycles. The molecule has 0 bridgehead atoms. The number of carbonyl (C=O) groups is 1. The van der Waals surface area contributed by atoms with Crippen molar-refractivity contribution in [2.24, 2.45) is 7.05 Å². The first kappa shape index (κ1) is 13.7. The second kappa shape index (κ2) is 7.06. The predicted octanol–water partition coefficient (Wildman–Crippen LogP) is 1.40. The van der Waals surface area contributed by atoms with Gasteiger partial charge in [0.15, 0.2) is 0 Å². The van der Waals surface area contributed by atoms with Crippen molar-refractivity contribution in [3.63, 3.8) is 0 Å². The quantitative estimate of drug-likeness (QED) is 0.578. The minimum Gasteiger partial charge on any atom is -0.436 e. The molecule has 1 aromatic heterocycles. The molecular weight excluding hydrogens is 220 g/mol. The lowest BCUT2D eigenvalue weighted by molar-refractivity contribution is -0.168. The smallest absolute Gasteiger partial charge is 0.308 e. The van der Waals surface area contributed by atoms with E-state index in [1.165, 1.54) is 0 Å². The van der Waals surface area contributed by atoms with Crippen molar-refractivity contribution in [1.82, 2.24) is 9.55 Å². The van der Waals surface area contributed by atoms with Crippen molar-refractivity contribution in [2.45, 2.75) is 45.3 Å². The SMILES string of the molecule is CCCC(O)OC(=O)CCCc1nccn1C. The molecule has 17 heavy (non-hydrogen) atoms. The maximum Gasteiger partial charge on any atom is 0.308 e. The van der Waals surface area contributed by atoms with Gasteiger partial charge in [0, 0.05) is 38.7 Å². The number of rotatable bonds is 7. The average Bonchev–Trinajstić information content (AvgIpc) is 2.64. The van der Waals surface area contributed by atoms with Gasteiger partial charge in [0.05, 0.1) is 0 Å². The Bertz CT molecular complexity index is 349. The van der Waals surface area contributed by atoms with Crippen molar-refractivity contribution < 1.29 is 14.6 Å². The van der Waals surface area contributed by atoms with E-state index in [1.807, 2.05) is 24.7 Å². The molecule has 5 nitrogen and oxygen atoms in total. The Morgan fingerprint density at radius 2 is 2.41 bits per heavy atom. The summed E-state index contributed by atoms with van der Waals surface area (Å²) in [6.07, 6.45) is 5.67. The van der Waals surface area contributed by atoms with Crippen molar-refractivity contribution in [1.29, 1.82) is 0 Å². The van der Waals surface area contributed by atoms with Crippen LogP contribution >= 0.6 is 0 Å². The number of carbonyl (C=O) groups excluding carboxylic acids is 1. The minimum atomic E-state index is -0.958. The van der Waals surface area contributed by atoms with Crippen LogP contribution in [-0.2, 0) is 23.0 Å². The number of nitrogens with zero attached hydrogens (tertiary/aromatic N) is 2. The molecule has 0 spiro atoms. The number of aliphatic hydroxyl groups excluding tert-OH is 1. The summed E-state index contributed by atoms with van der Waals surface area (Å²) >= 11 is 0. The Kier molecular flexibility index (Phi) is 5.69. The summed E-state index contributed by atoms with van der Waals surface area (Å²) in [5.74, 6) is 0.604. The second-order valence-corrected chi connectivity index (χ2v) is 4.04. The largest absolute Gasteiger partial charge is 0.436 e. The third-order valence-electron chi connectivity index (χ3n) is 2.51. The molecule has 96 valence electrons. The van der Waals surface area contributed by atoms with Crippen LogP contribution in [-0.4, -0.2) is 26.9 Å². The van der Waals surface area contributed by atoms with Crippen LogP contribution in [0, 0.1) is 0 Å². The van der Waals surface area contributed by atoms with E-state index in [-0.39, 0.29) is 5.97 Å². The van der Waals surface area contributed by atoms with E-state index in [1.54, 1.807) is 6.20 Å². The lowest BCUT2D eigenvalue weighted by atomic mass is 10.2. The molecule has 0 aliphatic rings. The summed E-state index contributed by atoms with van der Waals surface area (Å²) < 4.78 is 6.76. The molecule has 1 unspecified atom stereocenters. The molecule has 1 rings (SSSR count). The predicted molar refractivity (Wildman–Crippen MR) is 63.2 cm³/mol. The molecular formula is C12H20N2O3. The Morgan fingerprint density at radius 3 is 3.00 bits per heavy atom. The van der Waals surface area contributed by atoms with E-state index >= 15 is 0 Å². The van der Waals surface area contributed by atoms with Crippen molar-refractivity contribution >= 4 is 5.97 Å². The van der Waals surface area contributed by atoms with Crippen molar-refractivity contribution in [2.75, 3.05) is 0 Å². The first-order chi connectivity index (χ1) is 8.13. The highest BCUT2D eigenvalue weighted by atomic mass is 16.6. The third kappa shape index (κ3) is 4.99. The molecule has 5 heteroatoms. The standard InChI is InChI=1S/C12H20N2O3/c1-3-5-11(15)17-12(16)7-4-6-10-13-8-9-14(10)2/h8-9,11,15H,3-7H2,1-2H3. The number of aromatic nitrogens is 2. The highest BCUT2D eigenvalue weighted by molar-refractivity contribution is 5.69. The van der Waals surface area contributed by atoms with Crippen LogP contribution in [0.5, 0.6) is 0 Å². The van der Waals surface area contributed by atoms with Crippen LogP contribution in [0.15, 0.2) is 12.4 Å². The zero-order chi connectivity index (χ0) is 12.7. The lowest BCUT2D eigenvalue weighted by Gasteiger charge is -2.10. The lowest BCUT2D eigenvalue weighted by Crippen LogP contribution is -2.17. The Balaban J connectivity index is 2.18. The van der Waals surface area contributed by atoms with Gasteiger partial charge in [-0.3, -0.25) is 4.79 Å². The molecule has 0 radical (unpaired) electrons.